The number of aliphatic hydroxyl groups is 2. The van der Waals surface area contributed by atoms with E-state index in [4.69, 9.17) is 9.79 Å². The Hall–Kier alpha value is -2.09. The molecule has 2 aromatic rings. The second-order valence-corrected chi connectivity index (χ2v) is 6.71. The van der Waals surface area contributed by atoms with Crippen molar-refractivity contribution in [3.63, 3.8) is 0 Å². The molecule has 0 amide bonds. The maximum absolute atomic E-state index is 11.1. The number of phenolic OH excluding ortho intramolecular Hbond substituents is 2. The van der Waals surface area contributed by atoms with Crippen molar-refractivity contribution in [2.45, 2.75) is 25.0 Å². The van der Waals surface area contributed by atoms with Crippen LogP contribution in [0.25, 0.3) is 0 Å². The highest BCUT2D eigenvalue weighted by atomic mass is 31.2. The zero-order valence-corrected chi connectivity index (χ0v) is 14.2. The molecule has 0 aliphatic carbocycles. The SMILES string of the molecule is CCC(c1cccc(O)c1)C(O)(O)c1cc(O)ccc1OP(=O)(O)O. The molecule has 9 heteroatoms. The number of rotatable bonds is 6. The normalized spacial score (nSPS) is 13.5. The van der Waals surface area contributed by atoms with Gasteiger partial charge in [-0.3, -0.25) is 9.79 Å². The van der Waals surface area contributed by atoms with Gasteiger partial charge >= 0.3 is 7.82 Å². The molecule has 2 aromatic carbocycles. The summed E-state index contributed by atoms with van der Waals surface area (Å²) in [5.41, 5.74) is -0.0241. The molecule has 0 bridgehead atoms. The molecule has 0 saturated heterocycles. The molecule has 1 unspecified atom stereocenters. The fourth-order valence-corrected chi connectivity index (χ4v) is 3.11. The summed E-state index contributed by atoms with van der Waals surface area (Å²) in [6.45, 7) is 1.67. The van der Waals surface area contributed by atoms with E-state index in [0.717, 1.165) is 18.2 Å². The summed E-state index contributed by atoms with van der Waals surface area (Å²) in [7, 11) is -4.96. The summed E-state index contributed by atoms with van der Waals surface area (Å²) < 4.78 is 15.6. The van der Waals surface area contributed by atoms with E-state index in [-0.39, 0.29) is 17.9 Å². The Morgan fingerprint density at radius 2 is 1.72 bits per heavy atom. The van der Waals surface area contributed by atoms with Crippen molar-refractivity contribution in [2.24, 2.45) is 0 Å². The maximum atomic E-state index is 11.1. The van der Waals surface area contributed by atoms with E-state index in [9.17, 15) is 25.0 Å². The van der Waals surface area contributed by atoms with Crippen LogP contribution < -0.4 is 4.52 Å². The Bertz CT molecular complexity index is 798. The average molecular weight is 370 g/mol. The Kier molecular flexibility index (Phi) is 5.41. The summed E-state index contributed by atoms with van der Waals surface area (Å²) in [5.74, 6) is -4.50. The van der Waals surface area contributed by atoms with Crippen molar-refractivity contribution in [2.75, 3.05) is 0 Å². The zero-order valence-electron chi connectivity index (χ0n) is 13.3. The van der Waals surface area contributed by atoms with Crippen LogP contribution >= 0.6 is 7.82 Å². The third-order valence-corrected chi connectivity index (χ3v) is 4.18. The van der Waals surface area contributed by atoms with Crippen LogP contribution in [-0.2, 0) is 10.4 Å². The molecule has 0 aliphatic rings. The van der Waals surface area contributed by atoms with Gasteiger partial charge in [0, 0.05) is 5.92 Å². The summed E-state index contributed by atoms with van der Waals surface area (Å²) in [4.78, 5) is 18.0. The number of phosphoric acid groups is 1. The lowest BCUT2D eigenvalue weighted by molar-refractivity contribution is -0.189. The Morgan fingerprint density at radius 3 is 2.28 bits per heavy atom. The molecule has 6 N–H and O–H groups in total. The second-order valence-electron chi connectivity index (χ2n) is 5.54. The first-order valence-electron chi connectivity index (χ1n) is 7.37. The van der Waals surface area contributed by atoms with Crippen LogP contribution in [0, 0.1) is 0 Å². The van der Waals surface area contributed by atoms with E-state index in [1.165, 1.54) is 18.2 Å². The quantitative estimate of drug-likeness (QED) is 0.334. The van der Waals surface area contributed by atoms with Crippen LogP contribution in [0.2, 0.25) is 0 Å². The van der Waals surface area contributed by atoms with Gasteiger partial charge in [-0.25, -0.2) is 4.57 Å². The van der Waals surface area contributed by atoms with Crippen LogP contribution in [-0.4, -0.2) is 30.2 Å². The number of hydrogen-bond acceptors (Lipinski definition) is 6. The summed E-state index contributed by atoms with van der Waals surface area (Å²) in [6.07, 6.45) is 0.210. The third-order valence-electron chi connectivity index (χ3n) is 3.74. The Balaban J connectivity index is 2.57. The van der Waals surface area contributed by atoms with Crippen LogP contribution in [0.5, 0.6) is 17.2 Å². The lowest BCUT2D eigenvalue weighted by atomic mass is 9.83. The van der Waals surface area contributed by atoms with E-state index in [1.807, 2.05) is 0 Å². The first kappa shape index (κ1) is 19.2. The van der Waals surface area contributed by atoms with E-state index in [2.05, 4.69) is 4.52 Å². The summed E-state index contributed by atoms with van der Waals surface area (Å²) in [5, 5.41) is 40.7. The van der Waals surface area contributed by atoms with Gasteiger partial charge < -0.3 is 24.9 Å². The molecular formula is C16H19O8P. The molecule has 0 aromatic heterocycles. The summed E-state index contributed by atoms with van der Waals surface area (Å²) >= 11 is 0. The molecular weight excluding hydrogens is 351 g/mol. The first-order chi connectivity index (χ1) is 11.5. The topological polar surface area (TPSA) is 148 Å². The number of phenols is 2. The van der Waals surface area contributed by atoms with Crippen molar-refractivity contribution >= 4 is 7.82 Å². The molecule has 0 aliphatic heterocycles. The maximum Gasteiger partial charge on any atom is 0.524 e. The summed E-state index contributed by atoms with van der Waals surface area (Å²) in [6, 6.07) is 8.95. The van der Waals surface area contributed by atoms with Gasteiger partial charge in [-0.2, -0.15) is 0 Å². The first-order valence-corrected chi connectivity index (χ1v) is 8.90. The van der Waals surface area contributed by atoms with Gasteiger partial charge in [0.2, 0.25) is 5.79 Å². The van der Waals surface area contributed by atoms with Gasteiger partial charge in [-0.15, -0.1) is 0 Å². The van der Waals surface area contributed by atoms with E-state index in [0.29, 0.717) is 5.56 Å². The smallest absolute Gasteiger partial charge is 0.508 e. The number of hydrogen-bond donors (Lipinski definition) is 6. The van der Waals surface area contributed by atoms with Crippen LogP contribution in [0.4, 0.5) is 0 Å². The van der Waals surface area contributed by atoms with Gasteiger partial charge in [0.1, 0.15) is 17.2 Å². The van der Waals surface area contributed by atoms with Gasteiger partial charge in [-0.1, -0.05) is 19.1 Å². The van der Waals surface area contributed by atoms with Crippen LogP contribution in [0.3, 0.4) is 0 Å². The highest BCUT2D eigenvalue weighted by Gasteiger charge is 2.40. The fourth-order valence-electron chi connectivity index (χ4n) is 2.70. The van der Waals surface area contributed by atoms with E-state index < -0.39 is 30.8 Å². The van der Waals surface area contributed by atoms with Crippen molar-refractivity contribution in [3.8, 4) is 17.2 Å². The minimum absolute atomic E-state index is 0.0747. The zero-order chi connectivity index (χ0) is 18.8. The fraction of sp³-hybridized carbons (Fsp3) is 0.250. The molecule has 2 rings (SSSR count). The Morgan fingerprint density at radius 1 is 1.08 bits per heavy atom. The molecule has 0 heterocycles. The van der Waals surface area contributed by atoms with Gasteiger partial charge in [0.15, 0.2) is 0 Å². The highest BCUT2D eigenvalue weighted by Crippen LogP contribution is 2.47. The highest BCUT2D eigenvalue weighted by molar-refractivity contribution is 7.46. The van der Waals surface area contributed by atoms with Gasteiger partial charge in [0.25, 0.3) is 0 Å². The van der Waals surface area contributed by atoms with Crippen molar-refractivity contribution in [1.82, 2.24) is 0 Å². The van der Waals surface area contributed by atoms with Crippen LogP contribution in [0.1, 0.15) is 30.4 Å². The minimum Gasteiger partial charge on any atom is -0.508 e. The third kappa shape index (κ3) is 4.50. The molecule has 25 heavy (non-hydrogen) atoms. The number of benzene rings is 2. The van der Waals surface area contributed by atoms with Crippen LogP contribution in [0.15, 0.2) is 42.5 Å². The second kappa shape index (κ2) is 7.03. The van der Waals surface area contributed by atoms with Crippen molar-refractivity contribution < 1.29 is 39.3 Å². The minimum atomic E-state index is -4.96. The molecule has 136 valence electrons. The molecule has 0 radical (unpaired) electrons. The standard InChI is InChI=1S/C16H19O8P/c1-2-13(10-4-3-5-11(17)8-10)16(19,20)14-9-12(18)6-7-15(14)24-25(21,22)23/h3-9,13,17-20H,2H2,1H3,(H2,21,22,23). The van der Waals surface area contributed by atoms with Gasteiger partial charge in [-0.05, 0) is 42.3 Å². The molecule has 1 atom stereocenters. The molecule has 0 spiro atoms. The molecule has 0 fully saturated rings. The van der Waals surface area contributed by atoms with E-state index >= 15 is 0 Å². The lowest BCUT2D eigenvalue weighted by Crippen LogP contribution is -2.33. The monoisotopic (exact) mass is 370 g/mol. The predicted molar refractivity (Wildman–Crippen MR) is 88.0 cm³/mol. The molecule has 8 nitrogen and oxygen atoms in total. The van der Waals surface area contributed by atoms with Crippen molar-refractivity contribution in [3.05, 3.63) is 53.6 Å². The average Bonchev–Trinajstić information content (AvgIpc) is 2.48. The van der Waals surface area contributed by atoms with Crippen molar-refractivity contribution in [1.29, 1.82) is 0 Å². The number of phosphoric ester groups is 1. The Labute approximate surface area is 143 Å². The predicted octanol–water partition coefficient (Wildman–Crippen LogP) is 1.90. The van der Waals surface area contributed by atoms with E-state index in [1.54, 1.807) is 13.0 Å². The largest absolute Gasteiger partial charge is 0.524 e. The molecule has 0 saturated carbocycles. The van der Waals surface area contributed by atoms with Gasteiger partial charge in [0.05, 0.1) is 5.56 Å². The lowest BCUT2D eigenvalue weighted by Gasteiger charge is -2.32. The number of aromatic hydroxyl groups is 2.